The second-order valence-corrected chi connectivity index (χ2v) is 19.9. The maximum absolute atomic E-state index is 15.6. The number of benzene rings is 5. The molecule has 0 radical (unpaired) electrons. The summed E-state index contributed by atoms with van der Waals surface area (Å²) in [5.41, 5.74) is 6.32. The summed E-state index contributed by atoms with van der Waals surface area (Å²) in [5.74, 6) is 0.167. The molecule has 5 heterocycles. The smallest absolute Gasteiger partial charge is 0.246 e. The molecule has 5 aromatic carbocycles. The average Bonchev–Trinajstić information content (AvgIpc) is 3.89. The Labute approximate surface area is 442 Å². The molecule has 0 aromatic heterocycles. The van der Waals surface area contributed by atoms with Crippen LogP contribution in [0.25, 0.3) is 5.57 Å². The van der Waals surface area contributed by atoms with Crippen molar-refractivity contribution in [1.82, 2.24) is 41.3 Å². The summed E-state index contributed by atoms with van der Waals surface area (Å²) in [5, 5.41) is 15.4. The van der Waals surface area contributed by atoms with Crippen molar-refractivity contribution in [2.45, 2.75) is 81.5 Å². The SMILES string of the molecule is O=C1N[C@@H](Cc2ccc(OCc3ccccc3)cc2)C(=O)N2Cc3ccccc3CC2C(=O)N2CCOC[C@H]2C(=O)N[C@@H](CCc2ccccc2)C(=O)N[C@H](CC2=C=Nc3ccccc32)C(=O)NC1CN1CCNCC1. The summed E-state index contributed by atoms with van der Waals surface area (Å²) >= 11 is 0. The number of nitrogens with zero attached hydrogens (tertiary/aromatic N) is 4. The first-order valence-electron chi connectivity index (χ1n) is 26.2. The summed E-state index contributed by atoms with van der Waals surface area (Å²) in [6, 6.07) is 34.5. The van der Waals surface area contributed by atoms with Gasteiger partial charge in [0.2, 0.25) is 35.4 Å². The highest BCUT2D eigenvalue weighted by Gasteiger charge is 2.45. The third-order valence-electron chi connectivity index (χ3n) is 14.8. The van der Waals surface area contributed by atoms with E-state index >= 15 is 19.2 Å². The number of carbonyl (C=O) groups is 6. The van der Waals surface area contributed by atoms with Gasteiger partial charge >= 0.3 is 0 Å². The molecule has 0 aliphatic carbocycles. The third kappa shape index (κ3) is 12.4. The second kappa shape index (κ2) is 24.2. The van der Waals surface area contributed by atoms with Crippen molar-refractivity contribution in [2.24, 2.45) is 4.99 Å². The molecule has 0 bridgehead atoms. The summed E-state index contributed by atoms with van der Waals surface area (Å²) in [6.07, 6.45) is 0.657. The minimum Gasteiger partial charge on any atom is -0.489 e. The van der Waals surface area contributed by atoms with E-state index in [9.17, 15) is 9.59 Å². The number of hydrogen-bond acceptors (Lipinski definition) is 11. The molecule has 5 aliphatic rings. The van der Waals surface area contributed by atoms with Crippen molar-refractivity contribution in [3.8, 4) is 5.75 Å². The first kappa shape index (κ1) is 51.5. The van der Waals surface area contributed by atoms with Gasteiger partial charge in [-0.25, -0.2) is 4.99 Å². The van der Waals surface area contributed by atoms with Crippen molar-refractivity contribution in [1.29, 1.82) is 0 Å². The van der Waals surface area contributed by atoms with E-state index < -0.39 is 71.7 Å². The van der Waals surface area contributed by atoms with Crippen molar-refractivity contribution >= 4 is 52.6 Å². The van der Waals surface area contributed by atoms with Gasteiger partial charge < -0.3 is 45.9 Å². The van der Waals surface area contributed by atoms with Crippen LogP contribution in [-0.4, -0.2) is 145 Å². The quantitative estimate of drug-likeness (QED) is 0.124. The maximum Gasteiger partial charge on any atom is 0.246 e. The van der Waals surface area contributed by atoms with Crippen molar-refractivity contribution in [3.05, 3.63) is 167 Å². The fraction of sp³-hybridized carbons (Fsp3) is 0.356. The number of carbonyl (C=O) groups excluding carboxylic acids is 6. The molecule has 6 amide bonds. The Morgan fingerprint density at radius 3 is 2.00 bits per heavy atom. The molecular weight excluding hydrogens is 963 g/mol. The minimum atomic E-state index is -1.28. The van der Waals surface area contributed by atoms with Crippen LogP contribution in [0.1, 0.15) is 46.2 Å². The Morgan fingerprint density at radius 2 is 1.22 bits per heavy atom. The first-order chi connectivity index (χ1) is 37.1. The van der Waals surface area contributed by atoms with Crippen molar-refractivity contribution < 1.29 is 38.2 Å². The zero-order chi connectivity index (χ0) is 52.4. The van der Waals surface area contributed by atoms with Gasteiger partial charge in [-0.15, -0.1) is 0 Å². The van der Waals surface area contributed by atoms with Crippen LogP contribution in [-0.2, 0) is 65.9 Å². The molecule has 17 heteroatoms. The van der Waals surface area contributed by atoms with E-state index in [-0.39, 0.29) is 58.5 Å². The van der Waals surface area contributed by atoms with E-state index in [0.717, 1.165) is 27.8 Å². The van der Waals surface area contributed by atoms with Crippen LogP contribution in [0, 0.1) is 0 Å². The van der Waals surface area contributed by atoms with Crippen LogP contribution in [0.2, 0.25) is 0 Å². The number of ether oxygens (including phenoxy) is 2. The molecule has 5 aliphatic heterocycles. The van der Waals surface area contributed by atoms with E-state index in [0.29, 0.717) is 61.8 Å². The van der Waals surface area contributed by atoms with Gasteiger partial charge in [-0.05, 0) is 64.7 Å². The molecule has 392 valence electrons. The minimum absolute atomic E-state index is 0.0232. The number of hydrogen-bond donors (Lipinski definition) is 5. The van der Waals surface area contributed by atoms with Crippen LogP contribution in [0.5, 0.6) is 5.75 Å². The summed E-state index contributed by atoms with van der Waals surface area (Å²) in [7, 11) is 0. The monoisotopic (exact) mass is 1030 g/mol. The van der Waals surface area contributed by atoms with Gasteiger partial charge in [0.05, 0.1) is 18.9 Å². The van der Waals surface area contributed by atoms with Gasteiger partial charge in [-0.2, -0.15) is 0 Å². The van der Waals surface area contributed by atoms with E-state index in [1.54, 1.807) is 0 Å². The van der Waals surface area contributed by atoms with Gasteiger partial charge in [-0.3, -0.25) is 33.7 Å². The molecule has 3 fully saturated rings. The van der Waals surface area contributed by atoms with Crippen molar-refractivity contribution in [3.63, 3.8) is 0 Å². The van der Waals surface area contributed by atoms with Gasteiger partial charge in [-0.1, -0.05) is 115 Å². The van der Waals surface area contributed by atoms with Gasteiger partial charge in [0.1, 0.15) is 48.6 Å². The Hall–Kier alpha value is -7.95. The largest absolute Gasteiger partial charge is 0.489 e. The standard InChI is InChI=1S/C59H63N9O8/c69-54-48(24-21-39-11-3-1-4-12-39)62-57(72)53-38-75-30-29-67(53)59(74)52-33-42-15-7-8-16-43(42)35-68(52)58(73)50(31-40-19-22-45(23-20-40)76-37-41-13-5-2-6-14-41)64-56(71)51(36-66-27-25-60-26-28-66)65-55(70)49(63-54)32-44-34-61-47-18-10-9-17-46(44)47/h1-20,22-23,48-53,60H,21,24-33,35-38H2,(H,62,72)(H,63,69)(H,64,71)(H,65,70)/t48-,49+,50-,51?,52?,53-/m0/s1. The average molecular weight is 1030 g/mol. The predicted octanol–water partition coefficient (Wildman–Crippen LogP) is 3.27. The number of nitrogens with one attached hydrogen (secondary N) is 5. The predicted molar refractivity (Wildman–Crippen MR) is 285 cm³/mol. The Morgan fingerprint density at radius 1 is 0.579 bits per heavy atom. The zero-order valence-electron chi connectivity index (χ0n) is 42.3. The number of fused-ring (bicyclic) bond motifs is 4. The highest BCUT2D eigenvalue weighted by molar-refractivity contribution is 6.03. The number of aliphatic imine (C=N–C) groups is 1. The highest BCUT2D eigenvalue weighted by Crippen LogP contribution is 2.32. The fourth-order valence-corrected chi connectivity index (χ4v) is 10.6. The number of morpholine rings is 1. The number of aryl methyl sites for hydroxylation is 1. The number of piperazine rings is 1. The van der Waals surface area contributed by atoms with Gasteiger partial charge in [0.25, 0.3) is 0 Å². The Kier molecular flexibility index (Phi) is 16.4. The maximum atomic E-state index is 15.6. The first-order valence-corrected chi connectivity index (χ1v) is 26.2. The second-order valence-electron chi connectivity index (χ2n) is 19.9. The molecule has 3 saturated heterocycles. The summed E-state index contributed by atoms with van der Waals surface area (Å²) in [6.45, 7) is 3.02. The molecule has 17 nitrogen and oxygen atoms in total. The fourth-order valence-electron chi connectivity index (χ4n) is 10.6. The lowest BCUT2D eigenvalue weighted by Crippen LogP contribution is -2.66. The molecule has 0 saturated carbocycles. The van der Waals surface area contributed by atoms with E-state index in [4.69, 9.17) is 9.47 Å². The molecule has 0 spiro atoms. The Bertz CT molecular complexity index is 2980. The van der Waals surface area contributed by atoms with Gasteiger partial charge in [0.15, 0.2) is 0 Å². The summed E-state index contributed by atoms with van der Waals surface area (Å²) < 4.78 is 12.0. The molecule has 2 unspecified atom stereocenters. The Balaban J connectivity index is 1.03. The third-order valence-corrected chi connectivity index (χ3v) is 14.8. The molecule has 10 rings (SSSR count). The van der Waals surface area contributed by atoms with Crippen LogP contribution in [0.15, 0.2) is 138 Å². The molecule has 6 atom stereocenters. The van der Waals surface area contributed by atoms with E-state index in [1.807, 2.05) is 133 Å². The van der Waals surface area contributed by atoms with Crippen LogP contribution >= 0.6 is 0 Å². The van der Waals surface area contributed by atoms with E-state index in [1.165, 1.54) is 9.80 Å². The highest BCUT2D eigenvalue weighted by atomic mass is 16.5. The van der Waals surface area contributed by atoms with Crippen LogP contribution in [0.3, 0.4) is 0 Å². The lowest BCUT2D eigenvalue weighted by molar-refractivity contribution is -0.157. The number of para-hydroxylation sites is 1. The topological polar surface area (TPSA) is 203 Å². The van der Waals surface area contributed by atoms with Gasteiger partial charge in [0, 0.05) is 76.2 Å². The lowest BCUT2D eigenvalue weighted by atomic mass is 9.91. The van der Waals surface area contributed by atoms with Crippen LogP contribution in [0.4, 0.5) is 5.69 Å². The van der Waals surface area contributed by atoms with Crippen molar-refractivity contribution in [2.75, 3.05) is 52.5 Å². The number of amides is 6. The zero-order valence-corrected chi connectivity index (χ0v) is 42.3. The normalized spacial score (nSPS) is 23.6. The van der Waals surface area contributed by atoms with Crippen LogP contribution < -0.4 is 31.3 Å². The molecule has 5 aromatic rings. The lowest BCUT2D eigenvalue weighted by Gasteiger charge is -2.43. The molecular formula is C59H63N9O8. The molecule has 5 N–H and O–H groups in total. The molecule has 76 heavy (non-hydrogen) atoms. The van der Waals surface area contributed by atoms with E-state index in [2.05, 4.69) is 42.3 Å². The summed E-state index contributed by atoms with van der Waals surface area (Å²) in [4.78, 5) is 100. The number of rotatable bonds is 12.